The molecule has 7 rings (SSSR count). The summed E-state index contributed by atoms with van der Waals surface area (Å²) in [5.41, 5.74) is -1.70. The van der Waals surface area contributed by atoms with Crippen molar-refractivity contribution in [3.63, 3.8) is 0 Å². The van der Waals surface area contributed by atoms with E-state index >= 15 is 0 Å². The summed E-state index contributed by atoms with van der Waals surface area (Å²) < 4.78 is 10.7. The second kappa shape index (κ2) is 4.68. The lowest BCUT2D eigenvalue weighted by Crippen LogP contribution is -2.74. The summed E-state index contributed by atoms with van der Waals surface area (Å²) in [5.74, 6) is 1.86. The monoisotopic (exact) mass is 358 g/mol. The van der Waals surface area contributed by atoms with Gasteiger partial charge in [0.15, 0.2) is 11.1 Å². The first kappa shape index (κ1) is 15.6. The van der Waals surface area contributed by atoms with E-state index in [4.69, 9.17) is 19.7 Å². The Balaban J connectivity index is 1.64. The van der Waals surface area contributed by atoms with Crippen molar-refractivity contribution in [2.45, 2.75) is 49.6 Å². The number of esters is 2. The molecule has 5 fully saturated rings. The molecule has 6 heteroatoms. The Hall–Kier alpha value is -1.46. The highest BCUT2D eigenvalue weighted by Crippen LogP contribution is 2.76. The predicted octanol–water partition coefficient (Wildman–Crippen LogP) is 2.61. The SMILES string of the molecule is COC(=O)C12N=NC(C(=O)OC)([C@@H]3[C@H]4CC[C@H](C4)[C@@H]31)[C@H]1[C@@H]3CC[C@@H](C3)[C@H]12. The fraction of sp³-hybridized carbons (Fsp3) is 0.900. The van der Waals surface area contributed by atoms with Gasteiger partial charge in [-0.05, 0) is 62.2 Å². The standard InChI is InChI=1S/C20H26N2O4/c1-25-17(23)19-13-9-3-5-11(7-9)15(13)20(22-21-19,18(24)26-2)16-12-6-4-10(8-12)14(16)19/h9-16H,3-8H2,1-2H3/t9-,10+,11+,12-,13+,14-,15-,16+,19?,20?. The van der Waals surface area contributed by atoms with Gasteiger partial charge >= 0.3 is 11.9 Å². The first-order valence-corrected chi connectivity index (χ1v) is 10.2. The van der Waals surface area contributed by atoms with E-state index in [1.54, 1.807) is 0 Å². The predicted molar refractivity (Wildman–Crippen MR) is 90.0 cm³/mol. The maximum absolute atomic E-state index is 13.2. The van der Waals surface area contributed by atoms with Gasteiger partial charge in [0.25, 0.3) is 0 Å². The molecular weight excluding hydrogens is 332 g/mol. The highest BCUT2D eigenvalue weighted by molar-refractivity contribution is 5.88. The minimum absolute atomic E-state index is 0.103. The van der Waals surface area contributed by atoms with E-state index in [2.05, 4.69) is 0 Å². The van der Waals surface area contributed by atoms with E-state index in [0.29, 0.717) is 23.7 Å². The lowest BCUT2D eigenvalue weighted by atomic mass is 9.44. The Bertz CT molecular complexity index is 641. The van der Waals surface area contributed by atoms with Crippen LogP contribution in [0.4, 0.5) is 0 Å². The molecule has 6 nitrogen and oxygen atoms in total. The average molecular weight is 358 g/mol. The molecule has 26 heavy (non-hydrogen) atoms. The summed E-state index contributed by atoms with van der Waals surface area (Å²) in [6, 6.07) is 0. The topological polar surface area (TPSA) is 77.3 Å². The Kier molecular flexibility index (Phi) is 2.81. The molecule has 2 heterocycles. The fourth-order valence-corrected chi connectivity index (χ4v) is 8.94. The maximum atomic E-state index is 13.2. The summed E-state index contributed by atoms with van der Waals surface area (Å²) in [6.45, 7) is 0. The first-order chi connectivity index (χ1) is 12.6. The van der Waals surface area contributed by atoms with Crippen molar-refractivity contribution >= 4 is 11.9 Å². The van der Waals surface area contributed by atoms with Crippen LogP contribution in [0.2, 0.25) is 0 Å². The van der Waals surface area contributed by atoms with E-state index in [1.807, 2.05) is 0 Å². The summed E-state index contributed by atoms with van der Waals surface area (Å²) in [7, 11) is 2.96. The Morgan fingerprint density at radius 3 is 1.27 bits per heavy atom. The molecule has 0 saturated heterocycles. The second-order valence-corrected chi connectivity index (χ2v) is 9.60. The first-order valence-electron chi connectivity index (χ1n) is 10.2. The van der Waals surface area contributed by atoms with Crippen molar-refractivity contribution in [2.24, 2.45) is 57.6 Å². The van der Waals surface area contributed by atoms with E-state index < -0.39 is 11.1 Å². The van der Waals surface area contributed by atoms with Crippen LogP contribution in [0.15, 0.2) is 10.2 Å². The molecule has 0 amide bonds. The number of nitrogens with zero attached hydrogens (tertiary/aromatic N) is 2. The smallest absolute Gasteiger partial charge is 0.336 e. The Labute approximate surface area is 153 Å². The molecule has 5 aliphatic carbocycles. The van der Waals surface area contributed by atoms with Gasteiger partial charge in [0.05, 0.1) is 14.2 Å². The molecule has 0 spiro atoms. The number of fused-ring (bicyclic) bond motifs is 4. The summed E-state index contributed by atoms with van der Waals surface area (Å²) >= 11 is 0. The quantitative estimate of drug-likeness (QED) is 0.711. The normalized spacial score (nSPS) is 57.2. The Morgan fingerprint density at radius 2 is 1.00 bits per heavy atom. The van der Waals surface area contributed by atoms with Gasteiger partial charge in [-0.25, -0.2) is 9.59 Å². The number of ether oxygens (including phenoxy) is 2. The van der Waals surface area contributed by atoms with Crippen molar-refractivity contribution in [1.29, 1.82) is 0 Å². The summed E-state index contributed by atoms with van der Waals surface area (Å²) in [4.78, 5) is 26.5. The van der Waals surface area contributed by atoms with Gasteiger partial charge in [-0.1, -0.05) is 0 Å². The lowest BCUT2D eigenvalue weighted by Gasteiger charge is -2.62. The number of azo groups is 1. The zero-order chi connectivity index (χ0) is 17.8. The van der Waals surface area contributed by atoms with Gasteiger partial charge in [0, 0.05) is 23.7 Å². The van der Waals surface area contributed by atoms with Gasteiger partial charge in [0.1, 0.15) is 0 Å². The maximum Gasteiger partial charge on any atom is 0.336 e. The highest BCUT2D eigenvalue weighted by Gasteiger charge is 2.83. The zero-order valence-electron chi connectivity index (χ0n) is 15.4. The average Bonchev–Trinajstić information content (AvgIpc) is 3.47. The van der Waals surface area contributed by atoms with E-state index in [9.17, 15) is 9.59 Å². The van der Waals surface area contributed by atoms with Gasteiger partial charge < -0.3 is 9.47 Å². The lowest BCUT2D eigenvalue weighted by molar-refractivity contribution is -0.193. The van der Waals surface area contributed by atoms with Crippen LogP contribution in [0.25, 0.3) is 0 Å². The number of hydrogen-bond donors (Lipinski definition) is 0. The largest absolute Gasteiger partial charge is 0.467 e. The van der Waals surface area contributed by atoms with Gasteiger partial charge in [-0.15, -0.1) is 0 Å². The van der Waals surface area contributed by atoms with Crippen LogP contribution in [0.3, 0.4) is 0 Å². The van der Waals surface area contributed by atoms with E-state index in [-0.39, 0.29) is 35.6 Å². The number of methoxy groups -OCH3 is 2. The van der Waals surface area contributed by atoms with Crippen molar-refractivity contribution in [2.75, 3.05) is 14.2 Å². The van der Waals surface area contributed by atoms with Crippen molar-refractivity contribution < 1.29 is 19.1 Å². The van der Waals surface area contributed by atoms with Crippen LogP contribution in [-0.4, -0.2) is 37.2 Å². The number of carbonyl (C=O) groups excluding carboxylic acids is 2. The van der Waals surface area contributed by atoms with Crippen LogP contribution in [0.1, 0.15) is 38.5 Å². The molecule has 0 N–H and O–H groups in total. The zero-order valence-corrected chi connectivity index (χ0v) is 15.4. The van der Waals surface area contributed by atoms with Crippen molar-refractivity contribution in [3.8, 4) is 0 Å². The molecule has 6 bridgehead atoms. The highest BCUT2D eigenvalue weighted by atomic mass is 16.5. The van der Waals surface area contributed by atoms with Crippen LogP contribution >= 0.6 is 0 Å². The van der Waals surface area contributed by atoms with E-state index in [0.717, 1.165) is 38.5 Å². The van der Waals surface area contributed by atoms with Gasteiger partial charge in [-0.2, -0.15) is 10.2 Å². The van der Waals surface area contributed by atoms with Crippen molar-refractivity contribution in [3.05, 3.63) is 0 Å². The number of hydrogen-bond acceptors (Lipinski definition) is 6. The third-order valence-corrected chi connectivity index (χ3v) is 9.27. The van der Waals surface area contributed by atoms with Gasteiger partial charge in [0.2, 0.25) is 0 Å². The minimum atomic E-state index is -0.848. The fourth-order valence-electron chi connectivity index (χ4n) is 8.94. The minimum Gasteiger partial charge on any atom is -0.467 e. The van der Waals surface area contributed by atoms with E-state index in [1.165, 1.54) is 14.2 Å². The van der Waals surface area contributed by atoms with Crippen LogP contribution < -0.4 is 0 Å². The summed E-state index contributed by atoms with van der Waals surface area (Å²) in [6.07, 6.45) is 6.77. The number of rotatable bonds is 2. The third-order valence-electron chi connectivity index (χ3n) is 9.27. The second-order valence-electron chi connectivity index (χ2n) is 9.60. The van der Waals surface area contributed by atoms with Crippen LogP contribution in [0.5, 0.6) is 0 Å². The summed E-state index contributed by atoms with van der Waals surface area (Å²) in [5, 5.41) is 9.43. The molecule has 0 aromatic heterocycles. The third kappa shape index (κ3) is 1.36. The molecule has 7 aliphatic rings. The van der Waals surface area contributed by atoms with Crippen LogP contribution in [0, 0.1) is 47.3 Å². The molecule has 2 unspecified atom stereocenters. The van der Waals surface area contributed by atoms with Gasteiger partial charge in [-0.3, -0.25) is 0 Å². The molecule has 5 saturated carbocycles. The number of carbonyl (C=O) groups is 2. The van der Waals surface area contributed by atoms with Crippen LogP contribution in [-0.2, 0) is 19.1 Å². The molecule has 0 aromatic rings. The molecule has 2 aliphatic heterocycles. The molecule has 140 valence electrons. The molecule has 10 atom stereocenters. The molecular formula is C20H26N2O4. The Morgan fingerprint density at radius 1 is 0.692 bits per heavy atom. The molecule has 0 aromatic carbocycles. The van der Waals surface area contributed by atoms with Crippen molar-refractivity contribution in [1.82, 2.24) is 0 Å². The molecule has 0 radical (unpaired) electrons.